The lowest BCUT2D eigenvalue weighted by molar-refractivity contribution is -0.152. The number of nitrogens with one attached hydrogen (secondary N) is 1. The largest absolute Gasteiger partial charge is 0.393 e. The fraction of sp³-hybridized carbons (Fsp3) is 0.964. The fourth-order valence-corrected chi connectivity index (χ4v) is 10.1. The second kappa shape index (κ2) is 9.24. The van der Waals surface area contributed by atoms with Crippen LogP contribution in [-0.2, 0) is 6.42 Å². The lowest BCUT2D eigenvalue weighted by Gasteiger charge is -2.63. The average molecular weight is 457 g/mol. The highest BCUT2D eigenvalue weighted by Gasteiger charge is 2.62. The van der Waals surface area contributed by atoms with Crippen molar-refractivity contribution < 1.29 is 5.11 Å². The molecule has 4 fully saturated rings. The van der Waals surface area contributed by atoms with Crippen LogP contribution in [0.3, 0.4) is 0 Å². The molecule has 186 valence electrons. The van der Waals surface area contributed by atoms with Crippen LogP contribution in [0.1, 0.15) is 111 Å². The smallest absolute Gasteiger partial charge is 0.174 e. The molecule has 5 nitrogen and oxygen atoms in total. The van der Waals surface area contributed by atoms with E-state index in [9.17, 15) is 5.11 Å². The van der Waals surface area contributed by atoms with Crippen LogP contribution in [0.25, 0.3) is 0 Å². The SMILES string of the molecule is CC[C@H]1C[C@H]2C3CC[C@H]([C@H](C)CCCCc4nn[nH]n4)[C@@]3(C)CC[C@@H]2[C@@]2(C)CC[C@@H](O)C[C@@H]12. The van der Waals surface area contributed by atoms with Gasteiger partial charge in [0.1, 0.15) is 0 Å². The van der Waals surface area contributed by atoms with Crippen molar-refractivity contribution in [2.24, 2.45) is 52.3 Å². The molecule has 0 amide bonds. The summed E-state index contributed by atoms with van der Waals surface area (Å²) in [6, 6.07) is 0. The number of aliphatic hydroxyl groups is 1. The molecule has 1 heterocycles. The number of fused-ring (bicyclic) bond motifs is 5. The third-order valence-corrected chi connectivity index (χ3v) is 11.8. The lowest BCUT2D eigenvalue weighted by atomic mass is 9.42. The molecule has 33 heavy (non-hydrogen) atoms. The summed E-state index contributed by atoms with van der Waals surface area (Å²) in [6.45, 7) is 10.3. The van der Waals surface area contributed by atoms with E-state index in [0.29, 0.717) is 10.8 Å². The second-order valence-electron chi connectivity index (χ2n) is 13.1. The van der Waals surface area contributed by atoms with Crippen LogP contribution >= 0.6 is 0 Å². The minimum atomic E-state index is -0.0423. The summed E-state index contributed by atoms with van der Waals surface area (Å²) in [6.07, 6.45) is 16.6. The standard InChI is InChI=1S/C28H48N4O/c1-5-19-16-21-23-11-10-22(18(2)8-6-7-9-26-29-31-32-30-26)27(23,3)15-13-24(21)28(4)14-12-20(33)17-25(19)28/h18-25,33H,5-17H2,1-4H3,(H,29,30,31,32)/t18-,19+,20-,21+,22-,23?,24+,25+,27-,28-/m1/s1. The van der Waals surface area contributed by atoms with E-state index in [4.69, 9.17) is 0 Å². The summed E-state index contributed by atoms with van der Waals surface area (Å²) >= 11 is 0. The number of aromatic nitrogens is 4. The topological polar surface area (TPSA) is 74.7 Å². The third-order valence-electron chi connectivity index (χ3n) is 11.8. The molecule has 4 aliphatic rings. The Kier molecular flexibility index (Phi) is 6.65. The fourth-order valence-electron chi connectivity index (χ4n) is 10.1. The average Bonchev–Trinajstić information content (AvgIpc) is 3.44. The van der Waals surface area contributed by atoms with Crippen molar-refractivity contribution in [3.05, 3.63) is 5.82 Å². The number of tetrazole rings is 1. The molecule has 5 heteroatoms. The highest BCUT2D eigenvalue weighted by Crippen LogP contribution is 2.69. The van der Waals surface area contributed by atoms with E-state index in [0.717, 1.165) is 66.5 Å². The Bertz CT molecular complexity index is 783. The molecule has 4 saturated carbocycles. The number of hydrogen-bond acceptors (Lipinski definition) is 4. The maximum atomic E-state index is 10.5. The molecule has 10 atom stereocenters. The summed E-state index contributed by atoms with van der Waals surface area (Å²) in [5.74, 6) is 6.93. The van der Waals surface area contributed by atoms with Gasteiger partial charge in [0.25, 0.3) is 0 Å². The van der Waals surface area contributed by atoms with E-state index in [1.54, 1.807) is 0 Å². The van der Waals surface area contributed by atoms with Gasteiger partial charge in [-0.15, -0.1) is 10.2 Å². The van der Waals surface area contributed by atoms with Crippen LogP contribution < -0.4 is 0 Å². The number of rotatable bonds is 7. The zero-order valence-electron chi connectivity index (χ0n) is 21.6. The molecular weight excluding hydrogens is 408 g/mol. The normalized spacial score (nSPS) is 45.8. The molecule has 0 aromatic carbocycles. The van der Waals surface area contributed by atoms with Crippen molar-refractivity contribution in [1.82, 2.24) is 20.6 Å². The van der Waals surface area contributed by atoms with Crippen molar-refractivity contribution in [3.8, 4) is 0 Å². The Morgan fingerprint density at radius 2 is 1.79 bits per heavy atom. The van der Waals surface area contributed by atoms with Gasteiger partial charge in [-0.25, -0.2) is 0 Å². The van der Waals surface area contributed by atoms with Gasteiger partial charge in [-0.2, -0.15) is 5.21 Å². The van der Waals surface area contributed by atoms with Gasteiger partial charge in [-0.1, -0.05) is 52.2 Å². The number of hydrogen-bond donors (Lipinski definition) is 2. The van der Waals surface area contributed by atoms with Crippen LogP contribution in [0.15, 0.2) is 0 Å². The molecule has 0 radical (unpaired) electrons. The maximum Gasteiger partial charge on any atom is 0.174 e. The molecule has 1 aromatic rings. The summed E-state index contributed by atoms with van der Waals surface area (Å²) in [4.78, 5) is 0. The number of aryl methyl sites for hydroxylation is 1. The molecule has 0 spiro atoms. The van der Waals surface area contributed by atoms with E-state index < -0.39 is 0 Å². The van der Waals surface area contributed by atoms with Gasteiger partial charge >= 0.3 is 0 Å². The van der Waals surface area contributed by atoms with Gasteiger partial charge in [0.2, 0.25) is 0 Å². The van der Waals surface area contributed by atoms with Crippen molar-refractivity contribution in [2.45, 2.75) is 117 Å². The first-order valence-electron chi connectivity index (χ1n) is 14.3. The van der Waals surface area contributed by atoms with Crippen LogP contribution in [-0.4, -0.2) is 31.8 Å². The van der Waals surface area contributed by atoms with E-state index >= 15 is 0 Å². The zero-order chi connectivity index (χ0) is 23.2. The van der Waals surface area contributed by atoms with Crippen LogP contribution in [0, 0.1) is 52.3 Å². The molecule has 0 bridgehead atoms. The molecule has 1 unspecified atom stereocenters. The quantitative estimate of drug-likeness (QED) is 0.479. The first-order valence-corrected chi connectivity index (χ1v) is 14.3. The molecule has 0 aliphatic heterocycles. The van der Waals surface area contributed by atoms with Gasteiger partial charge in [0, 0.05) is 6.42 Å². The number of unbranched alkanes of at least 4 members (excludes halogenated alkanes) is 1. The number of aromatic amines is 1. The minimum Gasteiger partial charge on any atom is -0.393 e. The molecule has 1 aromatic heterocycles. The number of H-pyrrole nitrogens is 1. The zero-order valence-corrected chi connectivity index (χ0v) is 21.6. The molecule has 0 saturated heterocycles. The van der Waals surface area contributed by atoms with Crippen molar-refractivity contribution in [3.63, 3.8) is 0 Å². The monoisotopic (exact) mass is 456 g/mol. The van der Waals surface area contributed by atoms with Gasteiger partial charge < -0.3 is 5.11 Å². The Hall–Kier alpha value is -0.970. The van der Waals surface area contributed by atoms with Gasteiger partial charge in [0.15, 0.2) is 5.82 Å². The van der Waals surface area contributed by atoms with Crippen LogP contribution in [0.5, 0.6) is 0 Å². The van der Waals surface area contributed by atoms with Crippen molar-refractivity contribution >= 4 is 0 Å². The van der Waals surface area contributed by atoms with Gasteiger partial charge in [0.05, 0.1) is 6.10 Å². The predicted octanol–water partition coefficient (Wildman–Crippen LogP) is 6.20. The van der Waals surface area contributed by atoms with E-state index in [2.05, 4.69) is 48.3 Å². The third kappa shape index (κ3) is 4.08. The summed E-state index contributed by atoms with van der Waals surface area (Å²) in [7, 11) is 0. The van der Waals surface area contributed by atoms with Gasteiger partial charge in [-0.3, -0.25) is 0 Å². The molecule has 5 rings (SSSR count). The predicted molar refractivity (Wildman–Crippen MR) is 131 cm³/mol. The number of aliphatic hydroxyl groups excluding tert-OH is 1. The highest BCUT2D eigenvalue weighted by atomic mass is 16.3. The first-order chi connectivity index (χ1) is 15.9. The Morgan fingerprint density at radius 3 is 2.55 bits per heavy atom. The lowest BCUT2D eigenvalue weighted by Crippen LogP contribution is -2.56. The van der Waals surface area contributed by atoms with Crippen molar-refractivity contribution in [1.29, 1.82) is 0 Å². The van der Waals surface area contributed by atoms with Crippen LogP contribution in [0.2, 0.25) is 0 Å². The Morgan fingerprint density at radius 1 is 1.00 bits per heavy atom. The second-order valence-corrected chi connectivity index (χ2v) is 13.1. The first kappa shape index (κ1) is 23.8. The number of nitrogens with zero attached hydrogens (tertiary/aromatic N) is 3. The van der Waals surface area contributed by atoms with E-state index in [1.807, 2.05) is 0 Å². The molecular formula is C28H48N4O. The maximum absolute atomic E-state index is 10.5. The molecule has 2 N–H and O–H groups in total. The van der Waals surface area contributed by atoms with Crippen LogP contribution in [0.4, 0.5) is 0 Å². The van der Waals surface area contributed by atoms with E-state index in [-0.39, 0.29) is 6.10 Å². The minimum absolute atomic E-state index is 0.0423. The summed E-state index contributed by atoms with van der Waals surface area (Å²) in [5.41, 5.74) is 1.02. The van der Waals surface area contributed by atoms with Crippen molar-refractivity contribution in [2.75, 3.05) is 0 Å². The summed E-state index contributed by atoms with van der Waals surface area (Å²) in [5, 5.41) is 25.0. The Balaban J connectivity index is 1.26. The Labute approximate surface area is 201 Å². The summed E-state index contributed by atoms with van der Waals surface area (Å²) < 4.78 is 0. The van der Waals surface area contributed by atoms with E-state index in [1.165, 1.54) is 64.2 Å². The highest BCUT2D eigenvalue weighted by molar-refractivity contribution is 5.11. The molecule has 4 aliphatic carbocycles. The van der Waals surface area contributed by atoms with Gasteiger partial charge in [-0.05, 0) is 110 Å².